The number of amides is 1. The van der Waals surface area contributed by atoms with Crippen LogP contribution in [0.1, 0.15) is 24.8 Å². The second kappa shape index (κ2) is 7.66. The molecule has 0 saturated carbocycles. The summed E-state index contributed by atoms with van der Waals surface area (Å²) in [4.78, 5) is 12.4. The zero-order valence-electron chi connectivity index (χ0n) is 14.3. The molecule has 0 aliphatic rings. The molecule has 1 heterocycles. The van der Waals surface area contributed by atoms with E-state index in [-0.39, 0.29) is 11.8 Å². The summed E-state index contributed by atoms with van der Waals surface area (Å²) >= 11 is 0. The maximum Gasteiger partial charge on any atom is 0.225 e. The minimum absolute atomic E-state index is 0.0500. The Morgan fingerprint density at radius 2 is 1.88 bits per heavy atom. The molecular weight excluding hydrogens is 314 g/mol. The number of aromatic nitrogens is 2. The Balaban J connectivity index is 1.64. The van der Waals surface area contributed by atoms with Crippen LogP contribution in [0.4, 0.5) is 5.69 Å². The van der Waals surface area contributed by atoms with Crippen LogP contribution in [0, 0.1) is 0 Å². The summed E-state index contributed by atoms with van der Waals surface area (Å²) in [7, 11) is 1.64. The van der Waals surface area contributed by atoms with E-state index < -0.39 is 0 Å². The molecule has 2 aromatic carbocycles. The molecule has 0 bridgehead atoms. The third-order valence-electron chi connectivity index (χ3n) is 4.05. The molecule has 1 aromatic heterocycles. The van der Waals surface area contributed by atoms with Gasteiger partial charge in [0.1, 0.15) is 5.75 Å². The third-order valence-corrected chi connectivity index (χ3v) is 4.05. The number of methoxy groups -OCH3 is 1. The molecule has 0 aliphatic heterocycles. The van der Waals surface area contributed by atoms with Crippen molar-refractivity contribution in [3.63, 3.8) is 0 Å². The Morgan fingerprint density at radius 1 is 1.16 bits per heavy atom. The zero-order chi connectivity index (χ0) is 17.6. The van der Waals surface area contributed by atoms with Gasteiger partial charge in [-0.15, -0.1) is 0 Å². The molecule has 1 atom stereocenters. The lowest BCUT2D eigenvalue weighted by molar-refractivity contribution is -0.116. The van der Waals surface area contributed by atoms with Crippen LogP contribution in [0.15, 0.2) is 67.0 Å². The molecule has 0 spiro atoms. The first-order valence-electron chi connectivity index (χ1n) is 8.20. The van der Waals surface area contributed by atoms with E-state index in [2.05, 4.69) is 10.4 Å². The van der Waals surface area contributed by atoms with Gasteiger partial charge >= 0.3 is 0 Å². The highest BCUT2D eigenvalue weighted by molar-refractivity contribution is 5.91. The topological polar surface area (TPSA) is 56.1 Å². The molecule has 1 unspecified atom stereocenters. The standard InChI is InChI=1S/C20H21N3O2/c1-15(18-10-6-7-11-19(18)25-2)12-20(24)22-16-13-21-23(14-16)17-8-4-3-5-9-17/h3-11,13-15H,12H2,1-2H3,(H,22,24). The van der Waals surface area contributed by atoms with Crippen LogP contribution in [-0.4, -0.2) is 22.8 Å². The van der Waals surface area contributed by atoms with Gasteiger partial charge in [-0.1, -0.05) is 43.3 Å². The Bertz CT molecular complexity index is 843. The molecule has 0 fully saturated rings. The lowest BCUT2D eigenvalue weighted by atomic mass is 9.96. The number of benzene rings is 2. The molecule has 5 nitrogen and oxygen atoms in total. The van der Waals surface area contributed by atoms with Gasteiger partial charge in [-0.05, 0) is 29.7 Å². The van der Waals surface area contributed by atoms with Gasteiger partial charge in [-0.25, -0.2) is 4.68 Å². The molecule has 5 heteroatoms. The van der Waals surface area contributed by atoms with E-state index in [4.69, 9.17) is 4.74 Å². The van der Waals surface area contributed by atoms with E-state index in [0.29, 0.717) is 12.1 Å². The van der Waals surface area contributed by atoms with Gasteiger partial charge in [-0.2, -0.15) is 5.10 Å². The van der Waals surface area contributed by atoms with Gasteiger partial charge in [-0.3, -0.25) is 4.79 Å². The van der Waals surface area contributed by atoms with E-state index >= 15 is 0 Å². The lowest BCUT2D eigenvalue weighted by Crippen LogP contribution is -2.14. The average molecular weight is 335 g/mol. The predicted octanol–water partition coefficient (Wildman–Crippen LogP) is 4.01. The highest BCUT2D eigenvalue weighted by atomic mass is 16.5. The molecule has 1 N–H and O–H groups in total. The molecule has 0 saturated heterocycles. The number of hydrogen-bond acceptors (Lipinski definition) is 3. The maximum absolute atomic E-state index is 12.4. The molecule has 3 aromatic rings. The SMILES string of the molecule is COc1ccccc1C(C)CC(=O)Nc1cnn(-c2ccccc2)c1. The second-order valence-electron chi connectivity index (χ2n) is 5.90. The van der Waals surface area contributed by atoms with E-state index in [9.17, 15) is 4.79 Å². The van der Waals surface area contributed by atoms with Crippen molar-refractivity contribution >= 4 is 11.6 Å². The van der Waals surface area contributed by atoms with Crippen molar-refractivity contribution in [1.82, 2.24) is 9.78 Å². The predicted molar refractivity (Wildman–Crippen MR) is 98.2 cm³/mol. The molecule has 0 aliphatic carbocycles. The van der Waals surface area contributed by atoms with Crippen LogP contribution in [0.5, 0.6) is 5.75 Å². The first kappa shape index (κ1) is 16.8. The summed E-state index contributed by atoms with van der Waals surface area (Å²) in [6.45, 7) is 2.02. The van der Waals surface area contributed by atoms with E-state index in [1.807, 2.05) is 61.5 Å². The van der Waals surface area contributed by atoms with Crippen molar-refractivity contribution in [2.45, 2.75) is 19.3 Å². The van der Waals surface area contributed by atoms with Crippen LogP contribution in [0.25, 0.3) is 5.69 Å². The zero-order valence-corrected chi connectivity index (χ0v) is 14.3. The number of ether oxygens (including phenoxy) is 1. The largest absolute Gasteiger partial charge is 0.496 e. The third kappa shape index (κ3) is 4.07. The van der Waals surface area contributed by atoms with Gasteiger partial charge in [0.15, 0.2) is 0 Å². The van der Waals surface area contributed by atoms with Crippen molar-refractivity contribution < 1.29 is 9.53 Å². The Morgan fingerprint density at radius 3 is 2.64 bits per heavy atom. The van der Waals surface area contributed by atoms with Crippen LogP contribution >= 0.6 is 0 Å². The van der Waals surface area contributed by atoms with Crippen molar-refractivity contribution in [2.24, 2.45) is 0 Å². The van der Waals surface area contributed by atoms with Crippen LogP contribution in [0.2, 0.25) is 0 Å². The number of rotatable bonds is 6. The Labute approximate surface area is 147 Å². The normalized spacial score (nSPS) is 11.8. The molecule has 0 radical (unpaired) electrons. The summed E-state index contributed by atoms with van der Waals surface area (Å²) in [5.74, 6) is 0.811. The highest BCUT2D eigenvalue weighted by Crippen LogP contribution is 2.28. The number of hydrogen-bond donors (Lipinski definition) is 1. The van der Waals surface area contributed by atoms with Crippen molar-refractivity contribution in [2.75, 3.05) is 12.4 Å². The average Bonchev–Trinajstić information content (AvgIpc) is 3.10. The first-order valence-corrected chi connectivity index (χ1v) is 8.20. The smallest absolute Gasteiger partial charge is 0.225 e. The maximum atomic E-state index is 12.4. The molecule has 1 amide bonds. The van der Waals surface area contributed by atoms with E-state index in [1.54, 1.807) is 24.2 Å². The Kier molecular flexibility index (Phi) is 5.14. The number of para-hydroxylation sites is 2. The quantitative estimate of drug-likeness (QED) is 0.740. The fourth-order valence-corrected chi connectivity index (χ4v) is 2.78. The summed E-state index contributed by atoms with van der Waals surface area (Å²) in [5, 5.41) is 7.19. The summed E-state index contributed by atoms with van der Waals surface area (Å²) < 4.78 is 7.11. The molecular formula is C20H21N3O2. The number of nitrogens with zero attached hydrogens (tertiary/aromatic N) is 2. The molecule has 128 valence electrons. The number of anilines is 1. The van der Waals surface area contributed by atoms with Crippen molar-refractivity contribution in [3.8, 4) is 11.4 Å². The minimum atomic E-state index is -0.0500. The number of nitrogens with one attached hydrogen (secondary N) is 1. The second-order valence-corrected chi connectivity index (χ2v) is 5.90. The Hall–Kier alpha value is -3.08. The molecule has 25 heavy (non-hydrogen) atoms. The number of carbonyl (C=O) groups excluding carboxylic acids is 1. The van der Waals surface area contributed by atoms with Gasteiger partial charge in [0, 0.05) is 6.42 Å². The van der Waals surface area contributed by atoms with Crippen LogP contribution in [0.3, 0.4) is 0 Å². The lowest BCUT2D eigenvalue weighted by Gasteiger charge is -2.15. The minimum Gasteiger partial charge on any atom is -0.496 e. The molecule has 3 rings (SSSR count). The first-order chi connectivity index (χ1) is 12.2. The highest BCUT2D eigenvalue weighted by Gasteiger charge is 2.15. The summed E-state index contributed by atoms with van der Waals surface area (Å²) in [6, 6.07) is 17.6. The van der Waals surface area contributed by atoms with Gasteiger partial charge in [0.05, 0.1) is 30.9 Å². The fourth-order valence-electron chi connectivity index (χ4n) is 2.78. The fraction of sp³-hybridized carbons (Fsp3) is 0.200. The van der Waals surface area contributed by atoms with Crippen LogP contribution in [-0.2, 0) is 4.79 Å². The summed E-state index contributed by atoms with van der Waals surface area (Å²) in [6.07, 6.45) is 3.83. The van der Waals surface area contributed by atoms with E-state index in [1.165, 1.54) is 0 Å². The van der Waals surface area contributed by atoms with Crippen molar-refractivity contribution in [1.29, 1.82) is 0 Å². The van der Waals surface area contributed by atoms with Gasteiger partial charge in [0.25, 0.3) is 0 Å². The monoisotopic (exact) mass is 335 g/mol. The van der Waals surface area contributed by atoms with Crippen LogP contribution < -0.4 is 10.1 Å². The van der Waals surface area contributed by atoms with E-state index in [0.717, 1.165) is 17.0 Å². The summed E-state index contributed by atoms with van der Waals surface area (Å²) in [5.41, 5.74) is 2.66. The van der Waals surface area contributed by atoms with Gasteiger partial charge in [0.2, 0.25) is 5.91 Å². The van der Waals surface area contributed by atoms with Gasteiger partial charge < -0.3 is 10.1 Å². The number of carbonyl (C=O) groups is 1. The van der Waals surface area contributed by atoms with Crippen molar-refractivity contribution in [3.05, 3.63) is 72.6 Å².